The number of hydrogen-bond acceptors (Lipinski definition) is 2. The first-order valence-electron chi connectivity index (χ1n) is 7.03. The lowest BCUT2D eigenvalue weighted by Gasteiger charge is -2.48. The van der Waals surface area contributed by atoms with Crippen molar-refractivity contribution in [1.29, 1.82) is 0 Å². The van der Waals surface area contributed by atoms with Crippen molar-refractivity contribution in [2.45, 2.75) is 63.5 Å². The van der Waals surface area contributed by atoms with Crippen molar-refractivity contribution in [2.75, 3.05) is 20.6 Å². The Kier molecular flexibility index (Phi) is 3.91. The number of nitrogens with zero attached hydrogens (tertiary/aromatic N) is 1. The summed E-state index contributed by atoms with van der Waals surface area (Å²) < 4.78 is 0. The largest absolute Gasteiger partial charge is 0.312 e. The van der Waals surface area contributed by atoms with Crippen LogP contribution < -0.4 is 5.32 Å². The van der Waals surface area contributed by atoms with Crippen LogP contribution in [0.5, 0.6) is 0 Å². The van der Waals surface area contributed by atoms with Crippen molar-refractivity contribution >= 4 is 0 Å². The summed E-state index contributed by atoms with van der Waals surface area (Å²) in [5.41, 5.74) is 0.487. The molecule has 0 saturated heterocycles. The number of rotatable bonds is 4. The van der Waals surface area contributed by atoms with Crippen LogP contribution in [0.4, 0.5) is 0 Å². The maximum atomic E-state index is 3.83. The first kappa shape index (κ1) is 12.4. The van der Waals surface area contributed by atoms with Crippen molar-refractivity contribution < 1.29 is 0 Å². The molecule has 2 atom stereocenters. The summed E-state index contributed by atoms with van der Waals surface area (Å²) in [6.45, 7) is 3.61. The molecule has 0 heterocycles. The average molecular weight is 224 g/mol. The van der Waals surface area contributed by atoms with E-state index in [1.165, 1.54) is 51.5 Å². The zero-order valence-electron chi connectivity index (χ0n) is 11.3. The Bertz CT molecular complexity index is 221. The molecule has 2 rings (SSSR count). The molecule has 0 aliphatic heterocycles. The first-order valence-corrected chi connectivity index (χ1v) is 7.03. The molecule has 0 radical (unpaired) electrons. The number of hydrogen-bond donors (Lipinski definition) is 1. The highest BCUT2D eigenvalue weighted by molar-refractivity contribution is 4.98. The molecule has 2 unspecified atom stereocenters. The molecule has 94 valence electrons. The van der Waals surface area contributed by atoms with E-state index in [2.05, 4.69) is 31.2 Å². The van der Waals surface area contributed by atoms with Gasteiger partial charge in [-0.3, -0.25) is 0 Å². The SMILES string of the molecule is CC1CCCC(NCC2(N(C)C)CCC2)C1. The molecule has 0 bridgehead atoms. The maximum absolute atomic E-state index is 3.83. The minimum absolute atomic E-state index is 0.487. The third-order valence-corrected chi connectivity index (χ3v) is 4.89. The van der Waals surface area contributed by atoms with Crippen LogP contribution in [0, 0.1) is 5.92 Å². The van der Waals surface area contributed by atoms with Crippen LogP contribution in [0.15, 0.2) is 0 Å². The molecular weight excluding hydrogens is 196 g/mol. The van der Waals surface area contributed by atoms with E-state index in [1.54, 1.807) is 0 Å². The van der Waals surface area contributed by atoms with Crippen molar-refractivity contribution in [2.24, 2.45) is 5.92 Å². The van der Waals surface area contributed by atoms with E-state index < -0.39 is 0 Å². The lowest BCUT2D eigenvalue weighted by molar-refractivity contribution is 0.0546. The second-order valence-corrected chi connectivity index (χ2v) is 6.32. The summed E-state index contributed by atoms with van der Waals surface area (Å²) >= 11 is 0. The molecular formula is C14H28N2. The maximum Gasteiger partial charge on any atom is 0.0328 e. The second-order valence-electron chi connectivity index (χ2n) is 6.32. The van der Waals surface area contributed by atoms with Crippen LogP contribution in [0.2, 0.25) is 0 Å². The molecule has 0 aromatic rings. The van der Waals surface area contributed by atoms with Crippen molar-refractivity contribution in [3.63, 3.8) is 0 Å². The normalized spacial score (nSPS) is 33.8. The fourth-order valence-electron chi connectivity index (χ4n) is 3.32. The van der Waals surface area contributed by atoms with E-state index >= 15 is 0 Å². The molecule has 2 saturated carbocycles. The van der Waals surface area contributed by atoms with Crippen LogP contribution in [-0.4, -0.2) is 37.1 Å². The molecule has 2 aliphatic rings. The molecule has 2 fully saturated rings. The Morgan fingerprint density at radius 3 is 2.44 bits per heavy atom. The predicted molar refractivity (Wildman–Crippen MR) is 69.7 cm³/mol. The van der Waals surface area contributed by atoms with Crippen LogP contribution in [-0.2, 0) is 0 Å². The summed E-state index contributed by atoms with van der Waals surface area (Å²) in [5, 5.41) is 3.83. The minimum Gasteiger partial charge on any atom is -0.312 e. The van der Waals surface area contributed by atoms with Gasteiger partial charge < -0.3 is 10.2 Å². The molecule has 0 aromatic heterocycles. The van der Waals surface area contributed by atoms with E-state index in [1.807, 2.05) is 0 Å². The zero-order valence-corrected chi connectivity index (χ0v) is 11.3. The van der Waals surface area contributed by atoms with E-state index in [0.717, 1.165) is 12.0 Å². The molecule has 0 amide bonds. The Hall–Kier alpha value is -0.0800. The molecule has 2 nitrogen and oxygen atoms in total. The number of nitrogens with one attached hydrogen (secondary N) is 1. The smallest absolute Gasteiger partial charge is 0.0328 e. The first-order chi connectivity index (χ1) is 7.62. The van der Waals surface area contributed by atoms with Gasteiger partial charge in [-0.15, -0.1) is 0 Å². The lowest BCUT2D eigenvalue weighted by Crippen LogP contribution is -2.58. The molecule has 2 heteroatoms. The van der Waals surface area contributed by atoms with E-state index in [9.17, 15) is 0 Å². The summed E-state index contributed by atoms with van der Waals surface area (Å²) in [6.07, 6.45) is 9.84. The Balaban J connectivity index is 1.77. The van der Waals surface area contributed by atoms with Gasteiger partial charge in [-0.2, -0.15) is 0 Å². The van der Waals surface area contributed by atoms with Gasteiger partial charge in [0.15, 0.2) is 0 Å². The third kappa shape index (κ3) is 2.60. The van der Waals surface area contributed by atoms with Crippen molar-refractivity contribution in [1.82, 2.24) is 10.2 Å². The number of likely N-dealkylation sites (N-methyl/N-ethyl adjacent to an activating group) is 1. The molecule has 0 aromatic carbocycles. The van der Waals surface area contributed by atoms with Gasteiger partial charge in [0.25, 0.3) is 0 Å². The Morgan fingerprint density at radius 1 is 1.19 bits per heavy atom. The summed E-state index contributed by atoms with van der Waals surface area (Å²) in [6, 6.07) is 0.793. The van der Waals surface area contributed by atoms with Gasteiger partial charge in [0.2, 0.25) is 0 Å². The zero-order chi connectivity index (χ0) is 11.6. The molecule has 2 aliphatic carbocycles. The van der Waals surface area contributed by atoms with E-state index in [-0.39, 0.29) is 0 Å². The summed E-state index contributed by atoms with van der Waals surface area (Å²) in [5.74, 6) is 0.933. The molecule has 16 heavy (non-hydrogen) atoms. The van der Waals surface area contributed by atoms with Crippen LogP contribution in [0.1, 0.15) is 51.9 Å². The van der Waals surface area contributed by atoms with Gasteiger partial charge in [0.05, 0.1) is 0 Å². The quantitative estimate of drug-likeness (QED) is 0.790. The van der Waals surface area contributed by atoms with Gasteiger partial charge in [-0.05, 0) is 52.1 Å². The highest BCUT2D eigenvalue weighted by Crippen LogP contribution is 2.36. The fraction of sp³-hybridized carbons (Fsp3) is 1.00. The highest BCUT2D eigenvalue weighted by Gasteiger charge is 2.39. The van der Waals surface area contributed by atoms with Crippen molar-refractivity contribution in [3.05, 3.63) is 0 Å². The third-order valence-electron chi connectivity index (χ3n) is 4.89. The standard InChI is InChI=1S/C14H28N2/c1-12-6-4-7-13(10-12)15-11-14(16(2)3)8-5-9-14/h12-13,15H,4-11H2,1-3H3. The van der Waals surface area contributed by atoms with Crippen molar-refractivity contribution in [3.8, 4) is 0 Å². The summed E-state index contributed by atoms with van der Waals surface area (Å²) in [4.78, 5) is 2.44. The van der Waals surface area contributed by atoms with E-state index in [0.29, 0.717) is 5.54 Å². The molecule has 0 spiro atoms. The van der Waals surface area contributed by atoms with Gasteiger partial charge in [-0.1, -0.05) is 19.8 Å². The average Bonchev–Trinajstić information content (AvgIpc) is 2.15. The fourth-order valence-corrected chi connectivity index (χ4v) is 3.32. The van der Waals surface area contributed by atoms with Gasteiger partial charge in [-0.25, -0.2) is 0 Å². The predicted octanol–water partition coefficient (Wildman–Crippen LogP) is 2.64. The van der Waals surface area contributed by atoms with E-state index in [4.69, 9.17) is 0 Å². The minimum atomic E-state index is 0.487. The molecule has 1 N–H and O–H groups in total. The van der Waals surface area contributed by atoms with Crippen LogP contribution in [0.3, 0.4) is 0 Å². The topological polar surface area (TPSA) is 15.3 Å². The van der Waals surface area contributed by atoms with Crippen LogP contribution >= 0.6 is 0 Å². The van der Waals surface area contributed by atoms with Gasteiger partial charge in [0, 0.05) is 18.1 Å². The van der Waals surface area contributed by atoms with Crippen LogP contribution in [0.25, 0.3) is 0 Å². The Morgan fingerprint density at radius 2 is 1.94 bits per heavy atom. The second kappa shape index (κ2) is 5.05. The van der Waals surface area contributed by atoms with Gasteiger partial charge >= 0.3 is 0 Å². The van der Waals surface area contributed by atoms with Gasteiger partial charge in [0.1, 0.15) is 0 Å². The Labute approximate surface area is 101 Å². The monoisotopic (exact) mass is 224 g/mol. The lowest BCUT2D eigenvalue weighted by atomic mass is 9.75. The summed E-state index contributed by atoms with van der Waals surface area (Å²) in [7, 11) is 4.48. The highest BCUT2D eigenvalue weighted by atomic mass is 15.2.